The third-order valence-corrected chi connectivity index (χ3v) is 0.413. The van der Waals surface area contributed by atoms with Gasteiger partial charge in [-0.2, -0.15) is 5.10 Å². The third kappa shape index (κ3) is 6.61. The summed E-state index contributed by atoms with van der Waals surface area (Å²) >= 11 is 0. The molecule has 0 rings (SSSR count). The van der Waals surface area contributed by atoms with Crippen LogP contribution in [0, 0.1) is 0 Å². The zero-order valence-corrected chi connectivity index (χ0v) is 5.03. The van der Waals surface area contributed by atoms with E-state index in [-0.39, 0.29) is 11.7 Å². The Bertz CT molecular complexity index is 156. The van der Waals surface area contributed by atoms with E-state index >= 15 is 0 Å². The molecule has 0 aromatic heterocycles. The zero-order chi connectivity index (χ0) is 7.28. The predicted octanol–water partition coefficient (Wildman–Crippen LogP) is -1.17. The zero-order valence-electron chi connectivity index (χ0n) is 5.03. The fourth-order valence-electron chi connectivity index (χ4n) is 0.177. The van der Waals surface area contributed by atoms with Crippen LogP contribution in [0.5, 0.6) is 0 Å². The summed E-state index contributed by atoms with van der Waals surface area (Å²) in [6.07, 6.45) is 1.03. The summed E-state index contributed by atoms with van der Waals surface area (Å²) in [6.45, 7) is 1.35. The first-order chi connectivity index (χ1) is 4.13. The van der Waals surface area contributed by atoms with E-state index in [4.69, 9.17) is 11.5 Å². The summed E-state index contributed by atoms with van der Waals surface area (Å²) in [4.78, 5) is 10.1. The lowest BCUT2D eigenvalue weighted by molar-refractivity contribution is -0.110. The van der Waals surface area contributed by atoms with Crippen LogP contribution in [0.4, 0.5) is 0 Å². The molecule has 5 nitrogen and oxygen atoms in total. The minimum atomic E-state index is -0.194. The van der Waals surface area contributed by atoms with Gasteiger partial charge in [0.15, 0.2) is 5.78 Å². The molecule has 5 heteroatoms. The molecular formula is C4H8N4O. The molecule has 0 aromatic carbocycles. The highest BCUT2D eigenvalue weighted by Crippen LogP contribution is 1.66. The highest BCUT2D eigenvalue weighted by Gasteiger charge is 1.79. The van der Waals surface area contributed by atoms with Gasteiger partial charge in [0.1, 0.15) is 0 Å². The molecular weight excluding hydrogens is 120 g/mol. The van der Waals surface area contributed by atoms with Gasteiger partial charge in [-0.15, -0.1) is 5.10 Å². The van der Waals surface area contributed by atoms with E-state index in [1.165, 1.54) is 6.92 Å². The van der Waals surface area contributed by atoms with Crippen LogP contribution >= 0.6 is 0 Å². The Labute approximate surface area is 52.4 Å². The summed E-state index contributed by atoms with van der Waals surface area (Å²) in [6, 6.07) is 0. The lowest BCUT2D eigenvalue weighted by atomic mass is 10.5. The second-order valence-electron chi connectivity index (χ2n) is 1.38. The highest BCUT2D eigenvalue weighted by atomic mass is 16.1. The molecule has 9 heavy (non-hydrogen) atoms. The highest BCUT2D eigenvalue weighted by molar-refractivity contribution is 6.26. The van der Waals surface area contributed by atoms with Crippen LogP contribution in [0.3, 0.4) is 0 Å². The summed E-state index contributed by atoms with van der Waals surface area (Å²) in [7, 11) is 0. The first-order valence-corrected chi connectivity index (χ1v) is 2.25. The van der Waals surface area contributed by atoms with Crippen LogP contribution in [-0.2, 0) is 4.79 Å². The van der Waals surface area contributed by atoms with Gasteiger partial charge < -0.3 is 11.5 Å². The molecule has 0 fully saturated rings. The van der Waals surface area contributed by atoms with E-state index in [2.05, 4.69) is 10.2 Å². The quantitative estimate of drug-likeness (QED) is 0.279. The molecule has 0 spiro atoms. The number of ketones is 1. The molecule has 0 bridgehead atoms. The molecule has 50 valence electrons. The van der Waals surface area contributed by atoms with Crippen molar-refractivity contribution in [1.82, 2.24) is 0 Å². The summed E-state index contributed by atoms with van der Waals surface area (Å²) in [5.41, 5.74) is 9.76. The minimum absolute atomic E-state index is 0.160. The SMILES string of the molecule is CC(=O)C=NN=C(N)N. The lowest BCUT2D eigenvalue weighted by Crippen LogP contribution is -2.21. The molecule has 0 unspecified atom stereocenters. The van der Waals surface area contributed by atoms with Crippen molar-refractivity contribution in [1.29, 1.82) is 0 Å². The molecule has 0 aromatic rings. The van der Waals surface area contributed by atoms with Gasteiger partial charge in [0.2, 0.25) is 5.96 Å². The monoisotopic (exact) mass is 128 g/mol. The Balaban J connectivity index is 3.74. The van der Waals surface area contributed by atoms with Crippen LogP contribution in [-0.4, -0.2) is 18.0 Å². The summed E-state index contributed by atoms with van der Waals surface area (Å²) in [5.74, 6) is -0.354. The van der Waals surface area contributed by atoms with E-state index in [9.17, 15) is 4.79 Å². The molecule has 0 aliphatic heterocycles. The number of nitrogens with zero attached hydrogens (tertiary/aromatic N) is 2. The molecule has 0 heterocycles. The fourth-order valence-corrected chi connectivity index (χ4v) is 0.177. The molecule has 0 saturated heterocycles. The molecule has 0 aliphatic carbocycles. The second kappa shape index (κ2) is 3.59. The number of Topliss-reactive ketones (excluding diaryl/α,β-unsaturated/α-hetero) is 1. The summed E-state index contributed by atoms with van der Waals surface area (Å²) in [5, 5.41) is 6.42. The minimum Gasteiger partial charge on any atom is -0.369 e. The van der Waals surface area contributed by atoms with Crippen molar-refractivity contribution in [3.8, 4) is 0 Å². The maximum absolute atomic E-state index is 10.1. The topological polar surface area (TPSA) is 93.8 Å². The molecule has 4 N–H and O–H groups in total. The number of rotatable bonds is 2. The standard InChI is InChI=1S/C4H8N4O/c1-3(9)2-7-8-4(5)6/h2H,1H3,(H4,5,6,8). The number of hydrogen-bond donors (Lipinski definition) is 2. The first-order valence-electron chi connectivity index (χ1n) is 2.25. The van der Waals surface area contributed by atoms with Gasteiger partial charge >= 0.3 is 0 Å². The predicted molar refractivity (Wildman–Crippen MR) is 35.0 cm³/mol. The maximum atomic E-state index is 10.1. The van der Waals surface area contributed by atoms with Gasteiger partial charge in [-0.3, -0.25) is 4.79 Å². The van der Waals surface area contributed by atoms with Crippen molar-refractivity contribution in [2.75, 3.05) is 0 Å². The number of hydrogen-bond acceptors (Lipinski definition) is 3. The van der Waals surface area contributed by atoms with Gasteiger partial charge in [-0.25, -0.2) is 0 Å². The molecule has 0 saturated carbocycles. The van der Waals surface area contributed by atoms with Crippen molar-refractivity contribution in [2.45, 2.75) is 6.92 Å². The van der Waals surface area contributed by atoms with Crippen molar-refractivity contribution < 1.29 is 4.79 Å². The molecule has 0 amide bonds. The van der Waals surface area contributed by atoms with Gasteiger partial charge in [0.05, 0.1) is 6.21 Å². The van der Waals surface area contributed by atoms with Crippen molar-refractivity contribution >= 4 is 18.0 Å². The Morgan fingerprint density at radius 3 is 2.44 bits per heavy atom. The van der Waals surface area contributed by atoms with Crippen LogP contribution in [0.15, 0.2) is 10.2 Å². The smallest absolute Gasteiger partial charge is 0.211 e. The average Bonchev–Trinajstić information content (AvgIpc) is 1.63. The van der Waals surface area contributed by atoms with E-state index < -0.39 is 0 Å². The van der Waals surface area contributed by atoms with Crippen LogP contribution in [0.1, 0.15) is 6.92 Å². The normalized spacial score (nSPS) is 9.44. The molecule has 0 aliphatic rings. The van der Waals surface area contributed by atoms with Crippen LogP contribution < -0.4 is 11.5 Å². The number of carbonyl (C=O) groups is 1. The molecule has 0 radical (unpaired) electrons. The van der Waals surface area contributed by atoms with Gasteiger partial charge in [0.25, 0.3) is 0 Å². The number of carbonyl (C=O) groups excluding carboxylic acids is 1. The Hall–Kier alpha value is -1.39. The van der Waals surface area contributed by atoms with Gasteiger partial charge in [0, 0.05) is 6.92 Å². The lowest BCUT2D eigenvalue weighted by Gasteiger charge is -1.80. The number of nitrogens with two attached hydrogens (primary N) is 2. The van der Waals surface area contributed by atoms with Crippen molar-refractivity contribution in [2.24, 2.45) is 21.7 Å². The maximum Gasteiger partial charge on any atom is 0.211 e. The van der Waals surface area contributed by atoms with E-state index in [1.54, 1.807) is 0 Å². The average molecular weight is 128 g/mol. The number of guanidine groups is 1. The fraction of sp³-hybridized carbons (Fsp3) is 0.250. The van der Waals surface area contributed by atoms with Crippen molar-refractivity contribution in [3.63, 3.8) is 0 Å². The Morgan fingerprint density at radius 2 is 2.11 bits per heavy atom. The van der Waals surface area contributed by atoms with Crippen molar-refractivity contribution in [3.05, 3.63) is 0 Å². The van der Waals surface area contributed by atoms with E-state index in [0.717, 1.165) is 6.21 Å². The Kier molecular flexibility index (Phi) is 3.04. The summed E-state index contributed by atoms with van der Waals surface area (Å²) < 4.78 is 0. The van der Waals surface area contributed by atoms with Gasteiger partial charge in [-0.1, -0.05) is 0 Å². The Morgan fingerprint density at radius 1 is 1.56 bits per heavy atom. The third-order valence-electron chi connectivity index (χ3n) is 0.413. The van der Waals surface area contributed by atoms with E-state index in [0.29, 0.717) is 0 Å². The largest absolute Gasteiger partial charge is 0.369 e. The van der Waals surface area contributed by atoms with E-state index in [1.807, 2.05) is 0 Å². The van der Waals surface area contributed by atoms with Crippen LogP contribution in [0.2, 0.25) is 0 Å². The second-order valence-corrected chi connectivity index (χ2v) is 1.38. The molecule has 0 atom stereocenters. The van der Waals surface area contributed by atoms with Gasteiger partial charge in [-0.05, 0) is 0 Å². The van der Waals surface area contributed by atoms with Crippen LogP contribution in [0.25, 0.3) is 0 Å². The first kappa shape index (κ1) is 7.61.